The first-order chi connectivity index (χ1) is 5.27. The summed E-state index contributed by atoms with van der Waals surface area (Å²) < 4.78 is 5.40. The molecule has 0 fully saturated rings. The van der Waals surface area contributed by atoms with Crippen molar-refractivity contribution in [1.82, 2.24) is 4.37 Å². The van der Waals surface area contributed by atoms with E-state index in [2.05, 4.69) is 33.3 Å². The predicted octanol–water partition coefficient (Wildman–Crippen LogP) is 3.37. The summed E-state index contributed by atoms with van der Waals surface area (Å²) in [7, 11) is 0. The zero-order valence-electron chi connectivity index (χ0n) is 5.97. The van der Waals surface area contributed by atoms with Crippen molar-refractivity contribution in [2.45, 2.75) is 6.92 Å². The summed E-state index contributed by atoms with van der Waals surface area (Å²) in [4.78, 5) is 1.28. The minimum Gasteiger partial charge on any atom is -0.192 e. The number of hydrogen-bond acceptors (Lipinski definition) is 2. The Morgan fingerprint density at radius 3 is 3.09 bits per heavy atom. The smallest absolute Gasteiger partial charge is 0.0844 e. The molecule has 0 amide bonds. The lowest BCUT2D eigenvalue weighted by Gasteiger charge is -1.89. The summed E-state index contributed by atoms with van der Waals surface area (Å²) >= 11 is 4.98. The lowest BCUT2D eigenvalue weighted by atomic mass is 10.2. The topological polar surface area (TPSA) is 12.9 Å². The first-order valence-electron chi connectivity index (χ1n) is 3.29. The van der Waals surface area contributed by atoms with Gasteiger partial charge in [0.2, 0.25) is 0 Å². The molecule has 0 radical (unpaired) electrons. The van der Waals surface area contributed by atoms with Crippen molar-refractivity contribution in [3.05, 3.63) is 27.5 Å². The minimum absolute atomic E-state index is 1.09. The average molecular weight is 228 g/mol. The number of fused-ring (bicyclic) bond motifs is 1. The van der Waals surface area contributed by atoms with E-state index in [9.17, 15) is 0 Å². The number of halogens is 1. The number of nitrogens with zero attached hydrogens (tertiary/aromatic N) is 1. The van der Waals surface area contributed by atoms with Gasteiger partial charge in [-0.3, -0.25) is 0 Å². The van der Waals surface area contributed by atoms with Crippen LogP contribution in [0, 0.1) is 6.92 Å². The molecule has 2 rings (SSSR count). The highest BCUT2D eigenvalue weighted by Crippen LogP contribution is 2.24. The highest BCUT2D eigenvalue weighted by Gasteiger charge is 2.00. The molecule has 56 valence electrons. The summed E-state index contributed by atoms with van der Waals surface area (Å²) in [6.07, 6.45) is 0. The molecule has 0 spiro atoms. The molecule has 11 heavy (non-hydrogen) atoms. The Kier molecular flexibility index (Phi) is 1.69. The zero-order chi connectivity index (χ0) is 7.84. The van der Waals surface area contributed by atoms with Crippen molar-refractivity contribution < 1.29 is 0 Å². The molecule has 1 heterocycles. The van der Waals surface area contributed by atoms with Gasteiger partial charge in [0.1, 0.15) is 0 Å². The summed E-state index contributed by atoms with van der Waals surface area (Å²) in [5.41, 5.74) is 1.09. The molecule has 0 saturated heterocycles. The molecule has 0 unspecified atom stereocenters. The Hall–Kier alpha value is -0.410. The molecule has 1 nitrogen and oxygen atoms in total. The van der Waals surface area contributed by atoms with Crippen LogP contribution in [0.4, 0.5) is 0 Å². The standard InChI is InChI=1S/C8H6BrNS/c1-5-7-4-6(9)2-3-8(7)10-11-5/h2-4H,1H3. The fourth-order valence-electron chi connectivity index (χ4n) is 1.04. The Morgan fingerprint density at radius 2 is 2.27 bits per heavy atom. The van der Waals surface area contributed by atoms with Gasteiger partial charge < -0.3 is 0 Å². The van der Waals surface area contributed by atoms with Crippen LogP contribution in [0.5, 0.6) is 0 Å². The fraction of sp³-hybridized carbons (Fsp3) is 0.125. The van der Waals surface area contributed by atoms with E-state index in [0.29, 0.717) is 0 Å². The van der Waals surface area contributed by atoms with Gasteiger partial charge in [0.05, 0.1) is 5.52 Å². The van der Waals surface area contributed by atoms with Crippen LogP contribution in [0.3, 0.4) is 0 Å². The Balaban J connectivity index is 2.87. The molecule has 0 N–H and O–H groups in total. The molecule has 0 bridgehead atoms. The Bertz CT molecular complexity index is 394. The summed E-state index contributed by atoms with van der Waals surface area (Å²) in [6.45, 7) is 2.09. The number of rotatable bonds is 0. The highest BCUT2D eigenvalue weighted by atomic mass is 79.9. The molecule has 0 atom stereocenters. The number of aromatic nitrogens is 1. The van der Waals surface area contributed by atoms with E-state index >= 15 is 0 Å². The second kappa shape index (κ2) is 2.57. The predicted molar refractivity (Wildman–Crippen MR) is 52.1 cm³/mol. The van der Waals surface area contributed by atoms with Gasteiger partial charge in [0, 0.05) is 14.7 Å². The van der Waals surface area contributed by atoms with Crippen molar-refractivity contribution in [3.63, 3.8) is 0 Å². The van der Waals surface area contributed by atoms with Crippen molar-refractivity contribution >= 4 is 38.4 Å². The summed E-state index contributed by atoms with van der Waals surface area (Å²) in [5, 5.41) is 1.25. The highest BCUT2D eigenvalue weighted by molar-refractivity contribution is 9.10. The average Bonchev–Trinajstić information content (AvgIpc) is 2.33. The van der Waals surface area contributed by atoms with Crippen LogP contribution >= 0.6 is 27.5 Å². The van der Waals surface area contributed by atoms with Crippen molar-refractivity contribution in [1.29, 1.82) is 0 Å². The molecule has 3 heteroatoms. The largest absolute Gasteiger partial charge is 0.192 e. The molecule has 1 aromatic carbocycles. The third-order valence-corrected chi connectivity index (χ3v) is 2.89. The Labute approximate surface area is 77.3 Å². The molecular weight excluding hydrogens is 222 g/mol. The van der Waals surface area contributed by atoms with Crippen molar-refractivity contribution in [2.24, 2.45) is 0 Å². The van der Waals surface area contributed by atoms with Crippen LogP contribution in [-0.4, -0.2) is 4.37 Å². The fourth-order valence-corrected chi connectivity index (χ4v) is 2.05. The van der Waals surface area contributed by atoms with Crippen molar-refractivity contribution in [3.8, 4) is 0 Å². The first kappa shape index (κ1) is 7.25. The monoisotopic (exact) mass is 227 g/mol. The molecular formula is C8H6BrNS. The van der Waals surface area contributed by atoms with E-state index in [0.717, 1.165) is 9.99 Å². The first-order valence-corrected chi connectivity index (χ1v) is 4.85. The van der Waals surface area contributed by atoms with Crippen LogP contribution in [0.25, 0.3) is 10.9 Å². The van der Waals surface area contributed by atoms with Gasteiger partial charge in [-0.2, -0.15) is 4.37 Å². The van der Waals surface area contributed by atoms with Crippen LogP contribution in [-0.2, 0) is 0 Å². The van der Waals surface area contributed by atoms with Gasteiger partial charge in [-0.15, -0.1) is 0 Å². The second-order valence-electron chi connectivity index (χ2n) is 2.40. The molecule has 1 aromatic heterocycles. The van der Waals surface area contributed by atoms with Gasteiger partial charge >= 0.3 is 0 Å². The van der Waals surface area contributed by atoms with Gasteiger partial charge in [-0.25, -0.2) is 0 Å². The Morgan fingerprint density at radius 1 is 1.45 bits per heavy atom. The maximum Gasteiger partial charge on any atom is 0.0844 e. The molecule has 0 saturated carbocycles. The van der Waals surface area contributed by atoms with Crippen LogP contribution in [0.2, 0.25) is 0 Å². The maximum atomic E-state index is 4.28. The van der Waals surface area contributed by atoms with Gasteiger partial charge in [0.15, 0.2) is 0 Å². The number of benzene rings is 1. The minimum atomic E-state index is 1.09. The van der Waals surface area contributed by atoms with E-state index in [1.807, 2.05) is 12.1 Å². The van der Waals surface area contributed by atoms with Crippen LogP contribution < -0.4 is 0 Å². The third-order valence-electron chi connectivity index (χ3n) is 1.62. The lowest BCUT2D eigenvalue weighted by Crippen LogP contribution is -1.68. The molecule has 0 aliphatic heterocycles. The molecule has 2 aromatic rings. The summed E-state index contributed by atoms with van der Waals surface area (Å²) in [5.74, 6) is 0. The van der Waals surface area contributed by atoms with Gasteiger partial charge in [-0.1, -0.05) is 15.9 Å². The lowest BCUT2D eigenvalue weighted by molar-refractivity contribution is 1.63. The van der Waals surface area contributed by atoms with Crippen LogP contribution in [0.1, 0.15) is 4.88 Å². The normalized spacial score (nSPS) is 10.7. The molecule has 0 aliphatic rings. The van der Waals surface area contributed by atoms with E-state index in [4.69, 9.17) is 0 Å². The van der Waals surface area contributed by atoms with E-state index in [1.54, 1.807) is 11.5 Å². The quantitative estimate of drug-likeness (QED) is 0.673. The zero-order valence-corrected chi connectivity index (χ0v) is 8.37. The maximum absolute atomic E-state index is 4.28. The second-order valence-corrected chi connectivity index (χ2v) is 4.29. The summed E-state index contributed by atoms with van der Waals surface area (Å²) in [6, 6.07) is 6.15. The van der Waals surface area contributed by atoms with Gasteiger partial charge in [-0.05, 0) is 36.7 Å². The SMILES string of the molecule is Cc1snc2ccc(Br)cc12. The van der Waals surface area contributed by atoms with E-state index < -0.39 is 0 Å². The molecule has 0 aliphatic carbocycles. The number of aryl methyl sites for hydroxylation is 1. The van der Waals surface area contributed by atoms with E-state index in [-0.39, 0.29) is 0 Å². The van der Waals surface area contributed by atoms with E-state index in [1.165, 1.54) is 10.3 Å². The van der Waals surface area contributed by atoms with Crippen LogP contribution in [0.15, 0.2) is 22.7 Å². The number of hydrogen-bond donors (Lipinski definition) is 0. The van der Waals surface area contributed by atoms with Gasteiger partial charge in [0.25, 0.3) is 0 Å². The third kappa shape index (κ3) is 1.19. The van der Waals surface area contributed by atoms with Crippen molar-refractivity contribution in [2.75, 3.05) is 0 Å².